The summed E-state index contributed by atoms with van der Waals surface area (Å²) in [5.41, 5.74) is 0.590. The van der Waals surface area contributed by atoms with Gasteiger partial charge in [-0.1, -0.05) is 62.3 Å². The zero-order valence-corrected chi connectivity index (χ0v) is 21.2. The maximum atomic E-state index is 12.5. The van der Waals surface area contributed by atoms with E-state index in [1.807, 2.05) is 11.8 Å². The van der Waals surface area contributed by atoms with Gasteiger partial charge in [-0.05, 0) is 54.6 Å². The normalized spacial score (nSPS) is 14.2. The molecule has 1 unspecified atom stereocenters. The molecule has 0 aromatic heterocycles. The van der Waals surface area contributed by atoms with Crippen molar-refractivity contribution in [3.05, 3.63) is 0 Å². The first-order chi connectivity index (χ1) is 12.6. The third kappa shape index (κ3) is 19.0. The van der Waals surface area contributed by atoms with E-state index in [0.717, 1.165) is 37.9 Å². The Bertz CT molecular complexity index is 460. The highest BCUT2D eigenvalue weighted by atomic mass is 32.2. The van der Waals surface area contributed by atoms with Crippen molar-refractivity contribution in [2.75, 3.05) is 5.75 Å². The van der Waals surface area contributed by atoms with Crippen LogP contribution >= 0.6 is 11.8 Å². The molecular weight excluding hydrogens is 364 g/mol. The summed E-state index contributed by atoms with van der Waals surface area (Å²) in [6.45, 7) is 20.0. The van der Waals surface area contributed by atoms with Crippen LogP contribution in [0.3, 0.4) is 0 Å². The summed E-state index contributed by atoms with van der Waals surface area (Å²) in [4.78, 5) is 24.8. The maximum Gasteiger partial charge on any atom is 0.133 e. The van der Waals surface area contributed by atoms with E-state index in [4.69, 9.17) is 0 Å². The standard InChI is InChI=1S/C25H48O2S/c1-23(2,3)16-10-12-21(26)15-14-20(19-28-25(7,8)9)18-22(27)13-11-17-24(4,5)6/h20H,10-19H2,1-9H3. The first kappa shape index (κ1) is 27.7. The Kier molecular flexibility index (Phi) is 12.3. The van der Waals surface area contributed by atoms with Crippen molar-refractivity contribution >= 4 is 23.3 Å². The molecule has 0 aliphatic heterocycles. The Morgan fingerprint density at radius 3 is 1.61 bits per heavy atom. The van der Waals surface area contributed by atoms with Crippen LogP contribution in [0.2, 0.25) is 0 Å². The van der Waals surface area contributed by atoms with Gasteiger partial charge in [-0.25, -0.2) is 0 Å². The van der Waals surface area contributed by atoms with E-state index in [1.165, 1.54) is 0 Å². The van der Waals surface area contributed by atoms with E-state index in [1.54, 1.807) is 0 Å². The van der Waals surface area contributed by atoms with Crippen molar-refractivity contribution in [2.24, 2.45) is 16.7 Å². The first-order valence-corrected chi connectivity index (χ1v) is 12.2. The number of ketones is 2. The van der Waals surface area contributed by atoms with Gasteiger partial charge in [0.1, 0.15) is 11.6 Å². The molecule has 28 heavy (non-hydrogen) atoms. The summed E-state index contributed by atoms with van der Waals surface area (Å²) in [6.07, 6.45) is 7.66. The topological polar surface area (TPSA) is 34.1 Å². The molecule has 0 heterocycles. The lowest BCUT2D eigenvalue weighted by atomic mass is 9.87. The lowest BCUT2D eigenvalue weighted by Gasteiger charge is -2.23. The van der Waals surface area contributed by atoms with Crippen LogP contribution in [0.1, 0.15) is 120 Å². The SMILES string of the molecule is CC(C)(C)CCCC(=O)CCC(CSC(C)(C)C)CC(=O)CCCC(C)(C)C. The van der Waals surface area contributed by atoms with Gasteiger partial charge in [0.2, 0.25) is 0 Å². The van der Waals surface area contributed by atoms with Gasteiger partial charge in [-0.15, -0.1) is 0 Å². The summed E-state index contributed by atoms with van der Waals surface area (Å²) >= 11 is 1.92. The van der Waals surface area contributed by atoms with Gasteiger partial charge < -0.3 is 0 Å². The minimum atomic E-state index is 0.199. The number of carbonyl (C=O) groups is 2. The van der Waals surface area contributed by atoms with E-state index in [-0.39, 0.29) is 4.75 Å². The largest absolute Gasteiger partial charge is 0.300 e. The number of Topliss-reactive ketones (excluding diaryl/α,β-unsaturated/α-hetero) is 2. The van der Waals surface area contributed by atoms with Gasteiger partial charge in [0, 0.05) is 30.4 Å². The fraction of sp³-hybridized carbons (Fsp3) is 0.920. The summed E-state index contributed by atoms with van der Waals surface area (Å²) in [5, 5.41) is 0. The Hall–Kier alpha value is -0.310. The smallest absolute Gasteiger partial charge is 0.133 e. The average Bonchev–Trinajstić information content (AvgIpc) is 2.46. The second-order valence-electron chi connectivity index (χ2n) is 11.9. The molecule has 0 N–H and O–H groups in total. The Labute approximate surface area is 180 Å². The fourth-order valence-electron chi connectivity index (χ4n) is 3.16. The molecule has 0 saturated heterocycles. The van der Waals surface area contributed by atoms with Crippen molar-refractivity contribution in [3.8, 4) is 0 Å². The number of hydrogen-bond acceptors (Lipinski definition) is 3. The molecule has 166 valence electrons. The minimum absolute atomic E-state index is 0.199. The second kappa shape index (κ2) is 12.4. The predicted octanol–water partition coefficient (Wildman–Crippen LogP) is 7.88. The van der Waals surface area contributed by atoms with Crippen LogP contribution in [-0.2, 0) is 9.59 Å². The van der Waals surface area contributed by atoms with Crippen LogP contribution in [0.15, 0.2) is 0 Å². The summed E-state index contributed by atoms with van der Waals surface area (Å²) < 4.78 is 0.199. The number of rotatable bonds is 13. The molecule has 0 aromatic rings. The lowest BCUT2D eigenvalue weighted by Crippen LogP contribution is -2.18. The van der Waals surface area contributed by atoms with Gasteiger partial charge in [-0.3, -0.25) is 9.59 Å². The molecule has 0 amide bonds. The second-order valence-corrected chi connectivity index (χ2v) is 13.8. The summed E-state index contributed by atoms with van der Waals surface area (Å²) in [5.74, 6) is 2.06. The Morgan fingerprint density at radius 1 is 0.714 bits per heavy atom. The zero-order chi connectivity index (χ0) is 22.0. The van der Waals surface area contributed by atoms with Gasteiger partial charge in [0.05, 0.1) is 0 Å². The molecule has 2 nitrogen and oxygen atoms in total. The molecule has 0 bridgehead atoms. The molecule has 0 rings (SSSR count). The van der Waals surface area contributed by atoms with Gasteiger partial charge in [-0.2, -0.15) is 11.8 Å². The van der Waals surface area contributed by atoms with Crippen molar-refractivity contribution in [3.63, 3.8) is 0 Å². The average molecular weight is 413 g/mol. The van der Waals surface area contributed by atoms with Crippen LogP contribution in [-0.4, -0.2) is 22.1 Å². The van der Waals surface area contributed by atoms with Crippen molar-refractivity contribution in [1.82, 2.24) is 0 Å². The highest BCUT2D eigenvalue weighted by Gasteiger charge is 2.20. The van der Waals surface area contributed by atoms with Crippen molar-refractivity contribution in [2.45, 2.75) is 125 Å². The van der Waals surface area contributed by atoms with Crippen LogP contribution in [0.25, 0.3) is 0 Å². The molecule has 1 atom stereocenters. The monoisotopic (exact) mass is 412 g/mol. The molecule has 3 heteroatoms. The van der Waals surface area contributed by atoms with Crippen LogP contribution in [0.4, 0.5) is 0 Å². The van der Waals surface area contributed by atoms with E-state index >= 15 is 0 Å². The van der Waals surface area contributed by atoms with Crippen LogP contribution < -0.4 is 0 Å². The zero-order valence-electron chi connectivity index (χ0n) is 20.4. The number of carbonyl (C=O) groups excluding carboxylic acids is 2. The Balaban J connectivity index is 4.46. The summed E-state index contributed by atoms with van der Waals surface area (Å²) in [7, 11) is 0. The highest BCUT2D eigenvalue weighted by molar-refractivity contribution is 8.00. The number of hydrogen-bond donors (Lipinski definition) is 0. The highest BCUT2D eigenvalue weighted by Crippen LogP contribution is 2.30. The molecule has 0 aliphatic carbocycles. The van der Waals surface area contributed by atoms with Crippen molar-refractivity contribution < 1.29 is 9.59 Å². The maximum absolute atomic E-state index is 12.5. The predicted molar refractivity (Wildman–Crippen MR) is 126 cm³/mol. The van der Waals surface area contributed by atoms with E-state index in [9.17, 15) is 9.59 Å². The van der Waals surface area contributed by atoms with Crippen LogP contribution in [0, 0.1) is 16.7 Å². The van der Waals surface area contributed by atoms with E-state index < -0.39 is 0 Å². The van der Waals surface area contributed by atoms with Gasteiger partial charge in [0.25, 0.3) is 0 Å². The molecule has 0 saturated carbocycles. The molecule has 0 spiro atoms. The molecule has 0 aromatic carbocycles. The third-order valence-corrected chi connectivity index (χ3v) is 6.37. The first-order valence-electron chi connectivity index (χ1n) is 11.2. The summed E-state index contributed by atoms with van der Waals surface area (Å²) in [6, 6.07) is 0. The molecule has 0 fully saturated rings. The van der Waals surface area contributed by atoms with E-state index in [0.29, 0.717) is 54.0 Å². The quantitative estimate of drug-likeness (QED) is 0.308. The van der Waals surface area contributed by atoms with Gasteiger partial charge in [0.15, 0.2) is 0 Å². The molecular formula is C25H48O2S. The lowest BCUT2D eigenvalue weighted by molar-refractivity contribution is -0.121. The molecule has 0 radical (unpaired) electrons. The van der Waals surface area contributed by atoms with E-state index in [2.05, 4.69) is 62.3 Å². The van der Waals surface area contributed by atoms with Crippen LogP contribution in [0.5, 0.6) is 0 Å². The fourth-order valence-corrected chi connectivity index (χ4v) is 4.18. The minimum Gasteiger partial charge on any atom is -0.300 e. The van der Waals surface area contributed by atoms with Crippen molar-refractivity contribution in [1.29, 1.82) is 0 Å². The third-order valence-electron chi connectivity index (χ3n) is 4.86. The Morgan fingerprint density at radius 2 is 1.18 bits per heavy atom. The molecule has 0 aliphatic rings. The van der Waals surface area contributed by atoms with Gasteiger partial charge >= 0.3 is 0 Å². The number of thioether (sulfide) groups is 1.